The third-order valence-electron chi connectivity index (χ3n) is 4.07. The van der Waals surface area contributed by atoms with Gasteiger partial charge in [-0.2, -0.15) is 0 Å². The molecule has 0 N–H and O–H groups in total. The van der Waals surface area contributed by atoms with Crippen molar-refractivity contribution in [3.05, 3.63) is 48.3 Å². The van der Waals surface area contributed by atoms with Crippen LogP contribution < -0.4 is 0 Å². The molecule has 20 heavy (non-hydrogen) atoms. The summed E-state index contributed by atoms with van der Waals surface area (Å²) in [4.78, 5) is 11.4. The molecule has 2 heterocycles. The summed E-state index contributed by atoms with van der Waals surface area (Å²) in [6.07, 6.45) is 8.46. The molecule has 2 aromatic rings. The Morgan fingerprint density at radius 1 is 1.30 bits per heavy atom. The van der Waals surface area contributed by atoms with Gasteiger partial charge in [0, 0.05) is 25.1 Å². The van der Waals surface area contributed by atoms with Crippen LogP contribution in [0.25, 0.3) is 0 Å². The van der Waals surface area contributed by atoms with Gasteiger partial charge in [-0.05, 0) is 44.9 Å². The van der Waals surface area contributed by atoms with Crippen LogP contribution in [0.2, 0.25) is 0 Å². The van der Waals surface area contributed by atoms with Crippen molar-refractivity contribution in [2.45, 2.75) is 38.9 Å². The van der Waals surface area contributed by atoms with Crippen LogP contribution in [0.3, 0.4) is 0 Å². The van der Waals surface area contributed by atoms with E-state index in [0.717, 1.165) is 24.8 Å². The lowest BCUT2D eigenvalue weighted by molar-refractivity contribution is 0.201. The molecule has 1 atom stereocenters. The predicted molar refractivity (Wildman–Crippen MR) is 79.1 cm³/mol. The van der Waals surface area contributed by atoms with Crippen molar-refractivity contribution in [2.75, 3.05) is 7.05 Å². The van der Waals surface area contributed by atoms with Crippen LogP contribution in [0.4, 0.5) is 0 Å². The second-order valence-electron chi connectivity index (χ2n) is 5.58. The number of aromatic nitrogens is 3. The van der Waals surface area contributed by atoms with E-state index in [1.54, 1.807) is 0 Å². The minimum absolute atomic E-state index is 0.415. The van der Waals surface area contributed by atoms with Crippen LogP contribution in [-0.4, -0.2) is 26.5 Å². The summed E-state index contributed by atoms with van der Waals surface area (Å²) in [7, 11) is 2.19. The van der Waals surface area contributed by atoms with E-state index in [1.165, 1.54) is 18.5 Å². The lowest BCUT2D eigenvalue weighted by Crippen LogP contribution is -2.28. The minimum Gasteiger partial charge on any atom is -0.334 e. The van der Waals surface area contributed by atoms with Crippen LogP contribution in [0.1, 0.15) is 37.3 Å². The van der Waals surface area contributed by atoms with Gasteiger partial charge in [0.2, 0.25) is 0 Å². The van der Waals surface area contributed by atoms with Gasteiger partial charge in [0.25, 0.3) is 0 Å². The standard InChI is InChI=1S/C16H22N4/c1-3-20-11-10-18-15(20)12-19(2)16(13-7-8-13)14-6-4-5-9-17-14/h4-6,9-11,13,16H,3,7-8,12H2,1-2H3/t16-/m0/s1. The molecule has 1 aliphatic rings. The molecule has 4 nitrogen and oxygen atoms in total. The minimum atomic E-state index is 0.415. The highest BCUT2D eigenvalue weighted by Gasteiger charge is 2.36. The normalized spacial score (nSPS) is 16.6. The fourth-order valence-corrected chi connectivity index (χ4v) is 2.89. The number of rotatable bonds is 6. The van der Waals surface area contributed by atoms with E-state index < -0.39 is 0 Å². The smallest absolute Gasteiger partial charge is 0.122 e. The average molecular weight is 270 g/mol. The number of imidazole rings is 1. The van der Waals surface area contributed by atoms with Crippen LogP contribution in [0, 0.1) is 5.92 Å². The Balaban J connectivity index is 1.78. The molecule has 0 spiro atoms. The molecular formula is C16H22N4. The number of pyridine rings is 1. The quantitative estimate of drug-likeness (QED) is 0.809. The summed E-state index contributed by atoms with van der Waals surface area (Å²) in [5.74, 6) is 1.89. The number of nitrogens with zero attached hydrogens (tertiary/aromatic N) is 4. The second-order valence-corrected chi connectivity index (χ2v) is 5.58. The number of hydrogen-bond donors (Lipinski definition) is 0. The second kappa shape index (κ2) is 5.75. The molecule has 3 rings (SSSR count). The molecule has 0 aliphatic heterocycles. The first-order valence-electron chi connectivity index (χ1n) is 7.40. The summed E-state index contributed by atoms with van der Waals surface area (Å²) < 4.78 is 2.21. The van der Waals surface area contributed by atoms with Gasteiger partial charge in [-0.25, -0.2) is 4.98 Å². The van der Waals surface area contributed by atoms with E-state index in [1.807, 2.05) is 18.5 Å². The fourth-order valence-electron chi connectivity index (χ4n) is 2.89. The first-order chi connectivity index (χ1) is 9.79. The zero-order valence-corrected chi connectivity index (χ0v) is 12.2. The van der Waals surface area contributed by atoms with Gasteiger partial charge in [0.15, 0.2) is 0 Å². The molecule has 0 amide bonds. The Hall–Kier alpha value is -1.68. The molecule has 4 heteroatoms. The molecule has 0 saturated heterocycles. The maximum atomic E-state index is 4.56. The molecule has 106 valence electrons. The predicted octanol–water partition coefficient (Wildman–Crippen LogP) is 2.88. The first kappa shape index (κ1) is 13.3. The largest absolute Gasteiger partial charge is 0.334 e. The van der Waals surface area contributed by atoms with Crippen molar-refractivity contribution < 1.29 is 0 Å². The Bertz CT molecular complexity index is 545. The van der Waals surface area contributed by atoms with Gasteiger partial charge in [-0.3, -0.25) is 9.88 Å². The lowest BCUT2D eigenvalue weighted by Gasteiger charge is -2.27. The molecule has 0 aromatic carbocycles. The molecular weight excluding hydrogens is 248 g/mol. The topological polar surface area (TPSA) is 34.0 Å². The monoisotopic (exact) mass is 270 g/mol. The Kier molecular flexibility index (Phi) is 3.83. The summed E-state index contributed by atoms with van der Waals surface area (Å²) in [6.45, 7) is 4.00. The molecule has 0 bridgehead atoms. The molecule has 0 unspecified atom stereocenters. The average Bonchev–Trinajstić information content (AvgIpc) is 3.19. The number of hydrogen-bond acceptors (Lipinski definition) is 3. The molecule has 1 aliphatic carbocycles. The van der Waals surface area contributed by atoms with E-state index in [4.69, 9.17) is 0 Å². The van der Waals surface area contributed by atoms with Gasteiger partial charge in [0.1, 0.15) is 5.82 Å². The maximum Gasteiger partial charge on any atom is 0.122 e. The Morgan fingerprint density at radius 3 is 2.80 bits per heavy atom. The van der Waals surface area contributed by atoms with Gasteiger partial charge in [0.05, 0.1) is 18.3 Å². The van der Waals surface area contributed by atoms with Gasteiger partial charge < -0.3 is 4.57 Å². The highest BCUT2D eigenvalue weighted by molar-refractivity contribution is 5.12. The molecule has 2 aromatic heterocycles. The molecule has 0 radical (unpaired) electrons. The maximum absolute atomic E-state index is 4.56. The summed E-state index contributed by atoms with van der Waals surface area (Å²) >= 11 is 0. The Labute approximate surface area is 120 Å². The highest BCUT2D eigenvalue weighted by Crippen LogP contribution is 2.43. The van der Waals surface area contributed by atoms with Gasteiger partial charge in [-0.15, -0.1) is 0 Å². The van der Waals surface area contributed by atoms with Crippen LogP contribution in [0.5, 0.6) is 0 Å². The van der Waals surface area contributed by atoms with Crippen LogP contribution >= 0.6 is 0 Å². The third-order valence-corrected chi connectivity index (χ3v) is 4.07. The molecule has 1 fully saturated rings. The van der Waals surface area contributed by atoms with Gasteiger partial charge in [-0.1, -0.05) is 6.07 Å². The van der Waals surface area contributed by atoms with E-state index in [9.17, 15) is 0 Å². The fraction of sp³-hybridized carbons (Fsp3) is 0.500. The summed E-state index contributed by atoms with van der Waals surface area (Å²) in [5, 5.41) is 0. The van der Waals surface area contributed by atoms with Crippen molar-refractivity contribution in [3.8, 4) is 0 Å². The van der Waals surface area contributed by atoms with Crippen molar-refractivity contribution in [1.82, 2.24) is 19.4 Å². The van der Waals surface area contributed by atoms with Crippen molar-refractivity contribution in [3.63, 3.8) is 0 Å². The van der Waals surface area contributed by atoms with Crippen molar-refractivity contribution >= 4 is 0 Å². The highest BCUT2D eigenvalue weighted by atomic mass is 15.2. The van der Waals surface area contributed by atoms with Crippen molar-refractivity contribution in [1.29, 1.82) is 0 Å². The van der Waals surface area contributed by atoms with E-state index in [0.29, 0.717) is 6.04 Å². The zero-order chi connectivity index (χ0) is 13.9. The van der Waals surface area contributed by atoms with E-state index in [2.05, 4.69) is 51.7 Å². The first-order valence-corrected chi connectivity index (χ1v) is 7.40. The summed E-state index contributed by atoms with van der Waals surface area (Å²) in [6, 6.07) is 6.62. The number of aryl methyl sites for hydroxylation is 1. The summed E-state index contributed by atoms with van der Waals surface area (Å²) in [5.41, 5.74) is 1.19. The van der Waals surface area contributed by atoms with Crippen molar-refractivity contribution in [2.24, 2.45) is 5.92 Å². The van der Waals surface area contributed by atoms with Gasteiger partial charge >= 0.3 is 0 Å². The SMILES string of the molecule is CCn1ccnc1CN(C)[C@H](c1ccccn1)C1CC1. The lowest BCUT2D eigenvalue weighted by atomic mass is 10.1. The van der Waals surface area contributed by atoms with Crippen LogP contribution in [-0.2, 0) is 13.1 Å². The third kappa shape index (κ3) is 2.75. The van der Waals surface area contributed by atoms with E-state index >= 15 is 0 Å². The van der Waals surface area contributed by atoms with Crippen LogP contribution in [0.15, 0.2) is 36.8 Å². The Morgan fingerprint density at radius 2 is 2.15 bits per heavy atom. The zero-order valence-electron chi connectivity index (χ0n) is 12.2. The van der Waals surface area contributed by atoms with E-state index in [-0.39, 0.29) is 0 Å². The molecule has 1 saturated carbocycles.